The molecule has 1 N–H and O–H groups in total. The summed E-state index contributed by atoms with van der Waals surface area (Å²) in [5.41, 5.74) is 1.62. The van der Waals surface area contributed by atoms with Crippen LogP contribution in [0.1, 0.15) is 22.8 Å². The predicted molar refractivity (Wildman–Crippen MR) is 95.9 cm³/mol. The van der Waals surface area contributed by atoms with Crippen molar-refractivity contribution in [2.24, 2.45) is 0 Å². The van der Waals surface area contributed by atoms with Crippen LogP contribution in [0.4, 0.5) is 5.69 Å². The first-order valence-corrected chi connectivity index (χ1v) is 8.98. The van der Waals surface area contributed by atoms with Crippen molar-refractivity contribution in [3.05, 3.63) is 71.8 Å². The van der Waals surface area contributed by atoms with E-state index < -0.39 is 10.0 Å². The van der Waals surface area contributed by atoms with E-state index >= 15 is 0 Å². The Bertz CT molecular complexity index is 1020. The van der Waals surface area contributed by atoms with Crippen molar-refractivity contribution < 1.29 is 13.2 Å². The highest BCUT2D eigenvalue weighted by Gasteiger charge is 2.18. The Labute approximate surface area is 141 Å². The molecule has 0 amide bonds. The number of nitrogens with one attached hydrogen (secondary N) is 1. The average Bonchev–Trinajstić information content (AvgIpc) is 2.54. The average molecular weight is 339 g/mol. The summed E-state index contributed by atoms with van der Waals surface area (Å²) in [6, 6.07) is 17.5. The summed E-state index contributed by atoms with van der Waals surface area (Å²) in [6.07, 6.45) is 0. The van der Waals surface area contributed by atoms with E-state index in [2.05, 4.69) is 4.72 Å². The highest BCUT2D eigenvalue weighted by Crippen LogP contribution is 2.27. The van der Waals surface area contributed by atoms with Gasteiger partial charge in [0.15, 0.2) is 5.78 Å². The van der Waals surface area contributed by atoms with Crippen LogP contribution in [0.25, 0.3) is 10.8 Å². The van der Waals surface area contributed by atoms with Crippen molar-refractivity contribution in [2.75, 3.05) is 4.72 Å². The molecular weight excluding hydrogens is 322 g/mol. The lowest BCUT2D eigenvalue weighted by atomic mass is 10.0. The van der Waals surface area contributed by atoms with Crippen LogP contribution >= 0.6 is 0 Å². The van der Waals surface area contributed by atoms with Crippen molar-refractivity contribution >= 4 is 32.3 Å². The molecule has 0 atom stereocenters. The van der Waals surface area contributed by atoms with Gasteiger partial charge in [-0.3, -0.25) is 9.52 Å². The molecule has 0 bridgehead atoms. The monoisotopic (exact) mass is 339 g/mol. The molecule has 0 heterocycles. The summed E-state index contributed by atoms with van der Waals surface area (Å²) >= 11 is 0. The van der Waals surface area contributed by atoms with Crippen LogP contribution in [0.15, 0.2) is 65.6 Å². The Morgan fingerprint density at radius 3 is 2.08 bits per heavy atom. The lowest BCUT2D eigenvalue weighted by molar-refractivity contribution is 0.101. The number of aryl methyl sites for hydroxylation is 1. The standard InChI is InChI=1S/C19H17NO3S/c1-13-7-9-17(10-8-13)24(22,23)20-19-12-16-6-4-3-5-15(16)11-18(19)14(2)21/h3-12,20H,1-2H3. The summed E-state index contributed by atoms with van der Waals surface area (Å²) in [5, 5.41) is 1.75. The molecule has 0 saturated heterocycles. The second-order valence-corrected chi connectivity index (χ2v) is 7.40. The lowest BCUT2D eigenvalue weighted by Crippen LogP contribution is -2.15. The van der Waals surface area contributed by atoms with Crippen LogP contribution < -0.4 is 4.72 Å². The molecule has 0 fully saturated rings. The molecule has 0 unspecified atom stereocenters. The fourth-order valence-electron chi connectivity index (χ4n) is 2.54. The van der Waals surface area contributed by atoms with Gasteiger partial charge in [-0.1, -0.05) is 42.0 Å². The molecule has 5 heteroatoms. The first-order chi connectivity index (χ1) is 11.4. The Morgan fingerprint density at radius 2 is 1.50 bits per heavy atom. The van der Waals surface area contributed by atoms with E-state index in [1.54, 1.807) is 36.4 Å². The first-order valence-electron chi connectivity index (χ1n) is 7.50. The van der Waals surface area contributed by atoms with E-state index in [1.165, 1.54) is 6.92 Å². The van der Waals surface area contributed by atoms with Gasteiger partial charge in [0.2, 0.25) is 0 Å². The predicted octanol–water partition coefficient (Wildman–Crippen LogP) is 4.15. The molecule has 3 rings (SSSR count). The van der Waals surface area contributed by atoms with Gasteiger partial charge in [-0.2, -0.15) is 0 Å². The van der Waals surface area contributed by atoms with Crippen molar-refractivity contribution in [3.63, 3.8) is 0 Å². The van der Waals surface area contributed by atoms with Crippen molar-refractivity contribution in [1.82, 2.24) is 0 Å². The molecule has 24 heavy (non-hydrogen) atoms. The molecule has 0 aliphatic rings. The maximum absolute atomic E-state index is 12.6. The minimum atomic E-state index is -3.76. The van der Waals surface area contributed by atoms with Gasteiger partial charge in [0.25, 0.3) is 10.0 Å². The van der Waals surface area contributed by atoms with Crippen LogP contribution in [-0.4, -0.2) is 14.2 Å². The molecule has 4 nitrogen and oxygen atoms in total. The van der Waals surface area contributed by atoms with Crippen LogP contribution in [0.5, 0.6) is 0 Å². The minimum Gasteiger partial charge on any atom is -0.294 e. The van der Waals surface area contributed by atoms with Crippen molar-refractivity contribution in [1.29, 1.82) is 0 Å². The number of sulfonamides is 1. The summed E-state index contributed by atoms with van der Waals surface area (Å²) in [5.74, 6) is -0.192. The van der Waals surface area contributed by atoms with Gasteiger partial charge in [-0.15, -0.1) is 0 Å². The summed E-state index contributed by atoms with van der Waals surface area (Å²) in [7, 11) is -3.76. The zero-order valence-electron chi connectivity index (χ0n) is 13.4. The first kappa shape index (κ1) is 16.2. The summed E-state index contributed by atoms with van der Waals surface area (Å²) in [4.78, 5) is 12.1. The minimum absolute atomic E-state index is 0.163. The highest BCUT2D eigenvalue weighted by molar-refractivity contribution is 7.92. The highest BCUT2D eigenvalue weighted by atomic mass is 32.2. The van der Waals surface area contributed by atoms with E-state index in [4.69, 9.17) is 0 Å². The number of benzene rings is 3. The molecule has 0 aliphatic heterocycles. The van der Waals surface area contributed by atoms with Gasteiger partial charge >= 0.3 is 0 Å². The summed E-state index contributed by atoms with van der Waals surface area (Å²) < 4.78 is 27.8. The topological polar surface area (TPSA) is 63.2 Å². The third kappa shape index (κ3) is 3.16. The molecule has 3 aromatic rings. The van der Waals surface area contributed by atoms with Crippen LogP contribution in [0.3, 0.4) is 0 Å². The number of hydrogen-bond acceptors (Lipinski definition) is 3. The second-order valence-electron chi connectivity index (χ2n) is 5.72. The smallest absolute Gasteiger partial charge is 0.261 e. The van der Waals surface area contributed by atoms with E-state index in [-0.39, 0.29) is 10.7 Å². The molecule has 0 aromatic heterocycles. The fourth-order valence-corrected chi connectivity index (χ4v) is 3.61. The number of rotatable bonds is 4. The fraction of sp³-hybridized carbons (Fsp3) is 0.105. The van der Waals surface area contributed by atoms with Crippen LogP contribution in [0.2, 0.25) is 0 Å². The summed E-state index contributed by atoms with van der Waals surface area (Å²) in [6.45, 7) is 3.31. The van der Waals surface area contributed by atoms with E-state index in [1.807, 2.05) is 31.2 Å². The number of anilines is 1. The zero-order chi connectivity index (χ0) is 17.3. The van der Waals surface area contributed by atoms with E-state index in [0.717, 1.165) is 16.3 Å². The molecule has 0 spiro atoms. The maximum atomic E-state index is 12.6. The molecule has 122 valence electrons. The number of carbonyl (C=O) groups is 1. The number of Topliss-reactive ketones (excluding diaryl/α,β-unsaturated/α-hetero) is 1. The molecule has 3 aromatic carbocycles. The lowest BCUT2D eigenvalue weighted by Gasteiger charge is -2.13. The van der Waals surface area contributed by atoms with E-state index in [0.29, 0.717) is 11.3 Å². The van der Waals surface area contributed by atoms with Gasteiger partial charge in [0, 0.05) is 5.56 Å². The Balaban J connectivity index is 2.09. The Hall–Kier alpha value is -2.66. The number of hydrogen-bond donors (Lipinski definition) is 1. The van der Waals surface area contributed by atoms with Crippen LogP contribution in [0, 0.1) is 6.92 Å². The van der Waals surface area contributed by atoms with Gasteiger partial charge in [-0.05, 0) is 48.9 Å². The van der Waals surface area contributed by atoms with Gasteiger partial charge in [-0.25, -0.2) is 8.42 Å². The van der Waals surface area contributed by atoms with Gasteiger partial charge in [0.05, 0.1) is 10.6 Å². The number of ketones is 1. The van der Waals surface area contributed by atoms with Crippen molar-refractivity contribution in [3.8, 4) is 0 Å². The Morgan fingerprint density at radius 1 is 0.917 bits per heavy atom. The van der Waals surface area contributed by atoms with Crippen molar-refractivity contribution in [2.45, 2.75) is 18.7 Å². The zero-order valence-corrected chi connectivity index (χ0v) is 14.2. The third-order valence-corrected chi connectivity index (χ3v) is 5.22. The third-order valence-electron chi connectivity index (χ3n) is 3.84. The SMILES string of the molecule is CC(=O)c1cc2ccccc2cc1NS(=O)(=O)c1ccc(C)cc1. The molecule has 0 saturated carbocycles. The molecule has 0 radical (unpaired) electrons. The number of carbonyl (C=O) groups excluding carboxylic acids is 1. The molecule has 0 aliphatic carbocycles. The van der Waals surface area contributed by atoms with Gasteiger partial charge < -0.3 is 0 Å². The quantitative estimate of drug-likeness (QED) is 0.726. The Kier molecular flexibility index (Phi) is 4.11. The largest absolute Gasteiger partial charge is 0.294 e. The molecular formula is C19H17NO3S. The van der Waals surface area contributed by atoms with E-state index in [9.17, 15) is 13.2 Å². The normalized spacial score (nSPS) is 11.4. The van der Waals surface area contributed by atoms with Crippen LogP contribution in [-0.2, 0) is 10.0 Å². The maximum Gasteiger partial charge on any atom is 0.261 e. The number of fused-ring (bicyclic) bond motifs is 1. The second kappa shape index (κ2) is 6.09. The van der Waals surface area contributed by atoms with Gasteiger partial charge in [0.1, 0.15) is 0 Å².